The van der Waals surface area contributed by atoms with Gasteiger partial charge in [0.1, 0.15) is 42.5 Å². The van der Waals surface area contributed by atoms with Crippen LogP contribution in [-0.4, -0.2) is 83.5 Å². The fourth-order valence-electron chi connectivity index (χ4n) is 8.78. The van der Waals surface area contributed by atoms with E-state index in [-0.39, 0.29) is 23.5 Å². The van der Waals surface area contributed by atoms with Crippen LogP contribution in [0.25, 0.3) is 6.08 Å². The van der Waals surface area contributed by atoms with E-state index in [0.29, 0.717) is 34.5 Å². The van der Waals surface area contributed by atoms with E-state index in [2.05, 4.69) is 0 Å². The summed E-state index contributed by atoms with van der Waals surface area (Å²) in [5.41, 5.74) is 1.22. The minimum Gasteiger partial charge on any atom is -0.487 e. The van der Waals surface area contributed by atoms with Gasteiger partial charge < -0.3 is 44.1 Å². The SMILES string of the molecule is COC(=O)/C=C/c1ccc(C2(OC)OOC23C2CC4CC(C2)CC3C4)c(Cl)c1OCc1ccc(O[C@@H]2OC(CO)[C@@H](O)[C@H](O)C2O)cc1. The van der Waals surface area contributed by atoms with Gasteiger partial charge in [-0.3, -0.25) is 0 Å². The molecule has 6 aliphatic rings. The predicted molar refractivity (Wildman–Crippen MR) is 168 cm³/mol. The van der Waals surface area contributed by atoms with Crippen LogP contribution in [0.3, 0.4) is 0 Å². The highest BCUT2D eigenvalue weighted by molar-refractivity contribution is 6.33. The number of halogens is 1. The number of aliphatic hydroxyl groups is 4. The maximum atomic E-state index is 12.0. The van der Waals surface area contributed by atoms with Crippen LogP contribution in [0.2, 0.25) is 5.02 Å². The van der Waals surface area contributed by atoms with Gasteiger partial charge in [-0.25, -0.2) is 9.68 Å². The van der Waals surface area contributed by atoms with Gasteiger partial charge in [0.2, 0.25) is 6.29 Å². The molecular weight excluding hydrogens is 648 g/mol. The molecule has 6 atom stereocenters. The number of benzene rings is 2. The van der Waals surface area contributed by atoms with Gasteiger partial charge in [0.05, 0.1) is 18.7 Å². The van der Waals surface area contributed by atoms with E-state index in [4.69, 9.17) is 45.1 Å². The number of ether oxygens (including phenoxy) is 5. The monoisotopic (exact) mass is 688 g/mol. The van der Waals surface area contributed by atoms with Gasteiger partial charge in [-0.15, -0.1) is 0 Å². The molecule has 4 N–H and O–H groups in total. The van der Waals surface area contributed by atoms with E-state index in [1.54, 1.807) is 43.5 Å². The lowest BCUT2D eigenvalue weighted by molar-refractivity contribution is -0.645. The Morgan fingerprint density at radius 1 is 0.938 bits per heavy atom. The molecule has 2 saturated heterocycles. The zero-order valence-electron chi connectivity index (χ0n) is 26.7. The molecule has 0 radical (unpaired) electrons. The third kappa shape index (κ3) is 5.42. The molecule has 4 bridgehead atoms. The van der Waals surface area contributed by atoms with Crippen molar-refractivity contribution in [2.75, 3.05) is 20.8 Å². The van der Waals surface area contributed by atoms with Crippen LogP contribution in [0, 0.1) is 23.7 Å². The van der Waals surface area contributed by atoms with Crippen LogP contribution in [-0.2, 0) is 41.2 Å². The van der Waals surface area contributed by atoms with Crippen LogP contribution in [0.5, 0.6) is 11.5 Å². The van der Waals surface area contributed by atoms with E-state index in [1.165, 1.54) is 19.6 Å². The van der Waals surface area contributed by atoms with Crippen molar-refractivity contribution in [3.05, 3.63) is 64.2 Å². The first-order valence-electron chi connectivity index (χ1n) is 16.3. The van der Waals surface area contributed by atoms with E-state index in [0.717, 1.165) is 31.2 Å². The molecule has 1 spiro atoms. The van der Waals surface area contributed by atoms with Crippen molar-refractivity contribution in [1.82, 2.24) is 0 Å². The van der Waals surface area contributed by atoms with Crippen LogP contribution in [0.4, 0.5) is 0 Å². The van der Waals surface area contributed by atoms with Gasteiger partial charge >= 0.3 is 5.97 Å². The molecule has 8 rings (SSSR count). The van der Waals surface area contributed by atoms with Gasteiger partial charge in [0, 0.05) is 24.3 Å². The minimum absolute atomic E-state index is 0.0830. The van der Waals surface area contributed by atoms with Crippen molar-refractivity contribution >= 4 is 23.6 Å². The number of methoxy groups -OCH3 is 2. The predicted octanol–water partition coefficient (Wildman–Crippen LogP) is 3.24. The summed E-state index contributed by atoms with van der Waals surface area (Å²) in [4.78, 5) is 24.1. The van der Waals surface area contributed by atoms with Gasteiger partial charge in [0.25, 0.3) is 5.79 Å². The molecule has 48 heavy (non-hydrogen) atoms. The van der Waals surface area contributed by atoms with Crippen molar-refractivity contribution in [3.8, 4) is 11.5 Å². The summed E-state index contributed by atoms with van der Waals surface area (Å²) in [6.07, 6.45) is 1.45. The first-order chi connectivity index (χ1) is 23.1. The Labute approximate surface area is 283 Å². The van der Waals surface area contributed by atoms with Crippen molar-refractivity contribution in [3.63, 3.8) is 0 Å². The Bertz CT molecular complexity index is 1500. The highest BCUT2D eigenvalue weighted by Gasteiger charge is 2.77. The lowest BCUT2D eigenvalue weighted by Crippen LogP contribution is -2.76. The number of aliphatic hydroxyl groups excluding tert-OH is 4. The summed E-state index contributed by atoms with van der Waals surface area (Å²) >= 11 is 7.19. The highest BCUT2D eigenvalue weighted by Crippen LogP contribution is 2.70. The maximum absolute atomic E-state index is 12.0. The van der Waals surface area contributed by atoms with E-state index >= 15 is 0 Å². The molecule has 0 aromatic heterocycles. The molecule has 2 aromatic carbocycles. The van der Waals surface area contributed by atoms with Crippen molar-refractivity contribution < 1.29 is 58.7 Å². The second kappa shape index (κ2) is 13.2. The number of hydrogen-bond donors (Lipinski definition) is 4. The van der Waals surface area contributed by atoms with Crippen molar-refractivity contribution in [2.45, 2.75) is 80.8 Å². The standard InChI is InChI=1S/C35H41ClO12/c1-42-27(38)10-6-21-5-9-25(35(43-2)34(47-48-35)22-12-19-11-20(14-22)15-23(34)13-19)28(36)32(21)44-17-18-3-7-24(8-4-18)45-33-31(41)30(40)29(39)26(16-37)46-33/h3-10,19-20,22-23,26,29-31,33,37,39-41H,11-17H2,1-2H3/b10-6+/t19?,20?,22?,23?,26?,29-,30+,31?,33-,34?,35?/m1/s1. The second-order valence-electron chi connectivity index (χ2n) is 13.5. The zero-order valence-corrected chi connectivity index (χ0v) is 27.5. The number of carbonyl (C=O) groups is 1. The molecule has 4 saturated carbocycles. The Balaban J connectivity index is 1.14. The van der Waals surface area contributed by atoms with Crippen molar-refractivity contribution in [2.24, 2.45) is 23.7 Å². The van der Waals surface area contributed by atoms with Gasteiger partial charge in [-0.05, 0) is 79.5 Å². The summed E-state index contributed by atoms with van der Waals surface area (Å²) in [6.45, 7) is -0.477. The van der Waals surface area contributed by atoms with Gasteiger partial charge in [0.15, 0.2) is 5.60 Å². The average Bonchev–Trinajstić information content (AvgIpc) is 3.08. The number of rotatable bonds is 10. The highest BCUT2D eigenvalue weighted by atomic mass is 35.5. The third-order valence-corrected chi connectivity index (χ3v) is 11.3. The molecule has 13 heteroatoms. The smallest absolute Gasteiger partial charge is 0.330 e. The first kappa shape index (κ1) is 33.7. The van der Waals surface area contributed by atoms with E-state index in [9.17, 15) is 25.2 Å². The molecule has 0 amide bonds. The average molecular weight is 689 g/mol. The minimum atomic E-state index is -1.55. The largest absolute Gasteiger partial charge is 0.487 e. The van der Waals surface area contributed by atoms with E-state index in [1.807, 2.05) is 6.07 Å². The topological polar surface area (TPSA) is 163 Å². The lowest BCUT2D eigenvalue weighted by Gasteiger charge is -2.68. The van der Waals surface area contributed by atoms with Gasteiger partial charge in [-0.1, -0.05) is 35.9 Å². The summed E-state index contributed by atoms with van der Waals surface area (Å²) in [5, 5.41) is 40.2. The Kier molecular flexibility index (Phi) is 9.24. The zero-order chi connectivity index (χ0) is 33.8. The fraction of sp³-hybridized carbons (Fsp3) is 0.571. The van der Waals surface area contributed by atoms with Crippen LogP contribution >= 0.6 is 11.6 Å². The Morgan fingerprint density at radius 3 is 2.21 bits per heavy atom. The summed E-state index contributed by atoms with van der Waals surface area (Å²) in [7, 11) is 2.91. The molecule has 6 fully saturated rings. The normalized spacial score (nSPS) is 38.3. The molecule has 2 heterocycles. The van der Waals surface area contributed by atoms with E-state index < -0.39 is 54.7 Å². The van der Waals surface area contributed by atoms with Crippen molar-refractivity contribution in [1.29, 1.82) is 0 Å². The summed E-state index contributed by atoms with van der Waals surface area (Å²) in [6, 6.07) is 10.4. The number of hydrogen-bond acceptors (Lipinski definition) is 12. The Hall–Kier alpha value is -2.78. The van der Waals surface area contributed by atoms with Crippen LogP contribution in [0.1, 0.15) is 48.8 Å². The first-order valence-corrected chi connectivity index (χ1v) is 16.7. The molecule has 3 unspecified atom stereocenters. The van der Waals surface area contributed by atoms with Crippen LogP contribution < -0.4 is 9.47 Å². The summed E-state index contributed by atoms with van der Waals surface area (Å²) < 4.78 is 28.5. The van der Waals surface area contributed by atoms with Gasteiger partial charge in [-0.2, -0.15) is 4.89 Å². The lowest BCUT2D eigenvalue weighted by atomic mass is 9.47. The van der Waals surface area contributed by atoms with Crippen LogP contribution in [0.15, 0.2) is 42.5 Å². The quantitative estimate of drug-likeness (QED) is 0.164. The molecule has 260 valence electrons. The molecule has 4 aliphatic carbocycles. The molecule has 2 aliphatic heterocycles. The second-order valence-corrected chi connectivity index (χ2v) is 13.9. The molecular formula is C35H41ClO12. The molecule has 2 aromatic rings. The number of carbonyl (C=O) groups excluding carboxylic acids is 1. The maximum Gasteiger partial charge on any atom is 0.330 e. The fourth-order valence-corrected chi connectivity index (χ4v) is 9.13. The summed E-state index contributed by atoms with van der Waals surface area (Å²) in [5.74, 6) is 0.844. The Morgan fingerprint density at radius 2 is 1.62 bits per heavy atom. The molecule has 12 nitrogen and oxygen atoms in total. The third-order valence-electron chi connectivity index (χ3n) is 10.9. The number of esters is 1.